The fourth-order valence-corrected chi connectivity index (χ4v) is 3.09. The molecule has 146 valence electrons. The summed E-state index contributed by atoms with van der Waals surface area (Å²) in [6.07, 6.45) is 0.607. The van der Waals surface area contributed by atoms with Gasteiger partial charge in [-0.25, -0.2) is 9.78 Å². The summed E-state index contributed by atoms with van der Waals surface area (Å²) < 4.78 is 15.8. The standard InChI is InChI=1S/C19H25N3O5/c1-4-26-19(24)22-8-7-14(11-22)20-10-15-12(2)27-18(21-15)13-5-6-17(25-3)16(23)9-13/h5-6,9,14,20,23H,4,7-8,10-11H2,1-3H3. The molecule has 0 bridgehead atoms. The number of hydrogen-bond donors (Lipinski definition) is 2. The van der Waals surface area contributed by atoms with E-state index >= 15 is 0 Å². The molecule has 0 spiro atoms. The maximum absolute atomic E-state index is 11.8. The summed E-state index contributed by atoms with van der Waals surface area (Å²) >= 11 is 0. The van der Waals surface area contributed by atoms with E-state index in [4.69, 9.17) is 13.9 Å². The number of ether oxygens (including phenoxy) is 2. The number of oxazole rings is 1. The minimum absolute atomic E-state index is 0.0375. The van der Waals surface area contributed by atoms with Crippen molar-refractivity contribution in [2.75, 3.05) is 26.8 Å². The summed E-state index contributed by atoms with van der Waals surface area (Å²) in [5.74, 6) is 1.60. The summed E-state index contributed by atoms with van der Waals surface area (Å²) in [5, 5.41) is 13.4. The lowest BCUT2D eigenvalue weighted by atomic mass is 10.2. The Morgan fingerprint density at radius 2 is 2.30 bits per heavy atom. The molecule has 8 nitrogen and oxygen atoms in total. The predicted octanol–water partition coefficient (Wildman–Crippen LogP) is 2.68. The van der Waals surface area contributed by atoms with Crippen LogP contribution in [0.2, 0.25) is 0 Å². The quantitative estimate of drug-likeness (QED) is 0.801. The van der Waals surface area contributed by atoms with E-state index in [-0.39, 0.29) is 17.9 Å². The van der Waals surface area contributed by atoms with E-state index in [2.05, 4.69) is 10.3 Å². The molecule has 1 aliphatic heterocycles. The zero-order chi connectivity index (χ0) is 19.4. The Morgan fingerprint density at radius 1 is 1.48 bits per heavy atom. The van der Waals surface area contributed by atoms with E-state index in [0.29, 0.717) is 49.2 Å². The highest BCUT2D eigenvalue weighted by molar-refractivity contribution is 5.68. The van der Waals surface area contributed by atoms with Crippen molar-refractivity contribution in [3.63, 3.8) is 0 Å². The molecule has 1 atom stereocenters. The number of carbonyl (C=O) groups is 1. The van der Waals surface area contributed by atoms with Crippen LogP contribution in [0.25, 0.3) is 11.5 Å². The van der Waals surface area contributed by atoms with Gasteiger partial charge in [-0.1, -0.05) is 0 Å². The average molecular weight is 375 g/mol. The van der Waals surface area contributed by atoms with Crippen molar-refractivity contribution in [3.05, 3.63) is 29.7 Å². The van der Waals surface area contributed by atoms with Crippen LogP contribution in [0.1, 0.15) is 24.8 Å². The molecule has 1 amide bonds. The lowest BCUT2D eigenvalue weighted by Crippen LogP contribution is -2.35. The Hall–Kier alpha value is -2.74. The molecule has 2 heterocycles. The van der Waals surface area contributed by atoms with Gasteiger partial charge in [-0.05, 0) is 38.5 Å². The van der Waals surface area contributed by atoms with Crippen LogP contribution in [-0.2, 0) is 11.3 Å². The number of methoxy groups -OCH3 is 1. The Balaban J connectivity index is 1.61. The molecule has 2 N–H and O–H groups in total. The number of aromatic hydroxyl groups is 1. The number of aromatic nitrogens is 1. The normalized spacial score (nSPS) is 16.6. The SMILES string of the molecule is CCOC(=O)N1CCC(NCc2nc(-c3ccc(OC)c(O)c3)oc2C)C1. The van der Waals surface area contributed by atoms with Crippen molar-refractivity contribution >= 4 is 6.09 Å². The maximum Gasteiger partial charge on any atom is 0.409 e. The average Bonchev–Trinajstić information content (AvgIpc) is 3.27. The van der Waals surface area contributed by atoms with E-state index < -0.39 is 0 Å². The van der Waals surface area contributed by atoms with Crippen LogP contribution in [-0.4, -0.2) is 53.9 Å². The van der Waals surface area contributed by atoms with Gasteiger partial charge in [0.05, 0.1) is 19.4 Å². The monoisotopic (exact) mass is 375 g/mol. The summed E-state index contributed by atoms with van der Waals surface area (Å²) in [6, 6.07) is 5.22. The predicted molar refractivity (Wildman–Crippen MR) is 98.7 cm³/mol. The summed E-state index contributed by atoms with van der Waals surface area (Å²) in [5.41, 5.74) is 1.48. The van der Waals surface area contributed by atoms with Gasteiger partial charge < -0.3 is 29.2 Å². The zero-order valence-corrected chi connectivity index (χ0v) is 15.8. The molecule has 0 radical (unpaired) electrons. The molecule has 1 aliphatic rings. The van der Waals surface area contributed by atoms with Gasteiger partial charge in [0.2, 0.25) is 5.89 Å². The molecule has 2 aromatic rings. The summed E-state index contributed by atoms with van der Waals surface area (Å²) in [7, 11) is 1.50. The third-order valence-electron chi connectivity index (χ3n) is 4.59. The molecule has 1 saturated heterocycles. The van der Waals surface area contributed by atoms with Crippen LogP contribution >= 0.6 is 0 Å². The molecule has 0 saturated carbocycles. The van der Waals surface area contributed by atoms with Crippen molar-refractivity contribution in [1.29, 1.82) is 0 Å². The van der Waals surface area contributed by atoms with E-state index in [9.17, 15) is 9.90 Å². The van der Waals surface area contributed by atoms with E-state index in [1.165, 1.54) is 7.11 Å². The minimum atomic E-state index is -0.263. The van der Waals surface area contributed by atoms with Crippen LogP contribution in [0.15, 0.2) is 22.6 Å². The van der Waals surface area contributed by atoms with Crippen LogP contribution in [0.4, 0.5) is 4.79 Å². The fraction of sp³-hybridized carbons (Fsp3) is 0.474. The highest BCUT2D eigenvalue weighted by atomic mass is 16.6. The number of nitrogens with zero attached hydrogens (tertiary/aromatic N) is 2. The Kier molecular flexibility index (Phi) is 5.85. The molecule has 1 aromatic carbocycles. The van der Waals surface area contributed by atoms with Gasteiger partial charge >= 0.3 is 6.09 Å². The topological polar surface area (TPSA) is 97.1 Å². The summed E-state index contributed by atoms with van der Waals surface area (Å²) in [6.45, 7) is 5.89. The second-order valence-electron chi connectivity index (χ2n) is 6.42. The van der Waals surface area contributed by atoms with Crippen molar-refractivity contribution in [3.8, 4) is 23.0 Å². The number of nitrogens with one attached hydrogen (secondary N) is 1. The smallest absolute Gasteiger partial charge is 0.409 e. The minimum Gasteiger partial charge on any atom is -0.504 e. The van der Waals surface area contributed by atoms with Gasteiger partial charge in [0.1, 0.15) is 5.76 Å². The molecule has 3 rings (SSSR count). The number of benzene rings is 1. The van der Waals surface area contributed by atoms with Crippen LogP contribution in [0.3, 0.4) is 0 Å². The van der Waals surface area contributed by atoms with Crippen molar-refractivity contribution < 1.29 is 23.8 Å². The first kappa shape index (κ1) is 19.0. The number of hydrogen-bond acceptors (Lipinski definition) is 7. The number of likely N-dealkylation sites (tertiary alicyclic amines) is 1. The molecule has 1 fully saturated rings. The van der Waals surface area contributed by atoms with Gasteiger partial charge in [0.25, 0.3) is 0 Å². The van der Waals surface area contributed by atoms with E-state index in [1.54, 1.807) is 30.0 Å². The summed E-state index contributed by atoms with van der Waals surface area (Å²) in [4.78, 5) is 18.0. The van der Waals surface area contributed by atoms with Gasteiger partial charge in [-0.3, -0.25) is 0 Å². The Labute approximate surface area is 158 Å². The second kappa shape index (κ2) is 8.30. The second-order valence-corrected chi connectivity index (χ2v) is 6.42. The van der Waals surface area contributed by atoms with E-state index in [0.717, 1.165) is 12.1 Å². The van der Waals surface area contributed by atoms with Crippen LogP contribution < -0.4 is 10.1 Å². The Bertz CT molecular complexity index is 805. The largest absolute Gasteiger partial charge is 0.504 e. The van der Waals surface area contributed by atoms with Gasteiger partial charge in [-0.2, -0.15) is 0 Å². The molecule has 1 aromatic heterocycles. The highest BCUT2D eigenvalue weighted by Crippen LogP contribution is 2.31. The number of amides is 1. The molecule has 27 heavy (non-hydrogen) atoms. The number of rotatable bonds is 6. The highest BCUT2D eigenvalue weighted by Gasteiger charge is 2.27. The van der Waals surface area contributed by atoms with Crippen LogP contribution in [0.5, 0.6) is 11.5 Å². The molecular weight excluding hydrogens is 350 g/mol. The van der Waals surface area contributed by atoms with Crippen LogP contribution in [0, 0.1) is 6.92 Å². The van der Waals surface area contributed by atoms with Crippen molar-refractivity contribution in [2.45, 2.75) is 32.9 Å². The molecule has 1 unspecified atom stereocenters. The van der Waals surface area contributed by atoms with Crippen molar-refractivity contribution in [2.24, 2.45) is 0 Å². The Morgan fingerprint density at radius 3 is 3.00 bits per heavy atom. The molecule has 0 aliphatic carbocycles. The lowest BCUT2D eigenvalue weighted by molar-refractivity contribution is 0.115. The third kappa shape index (κ3) is 4.33. The lowest BCUT2D eigenvalue weighted by Gasteiger charge is -2.16. The first-order valence-corrected chi connectivity index (χ1v) is 9.00. The number of carbonyl (C=O) groups excluding carboxylic acids is 1. The van der Waals surface area contributed by atoms with E-state index in [1.807, 2.05) is 6.92 Å². The number of phenolic OH excluding ortho intramolecular Hbond substituents is 1. The zero-order valence-electron chi connectivity index (χ0n) is 15.8. The van der Waals surface area contributed by atoms with Gasteiger partial charge in [0.15, 0.2) is 11.5 Å². The van der Waals surface area contributed by atoms with Gasteiger partial charge in [0, 0.05) is 31.2 Å². The third-order valence-corrected chi connectivity index (χ3v) is 4.59. The molecule has 8 heteroatoms. The van der Waals surface area contributed by atoms with Gasteiger partial charge in [-0.15, -0.1) is 0 Å². The number of aryl methyl sites for hydroxylation is 1. The first-order chi connectivity index (χ1) is 13.0. The fourth-order valence-electron chi connectivity index (χ4n) is 3.09. The van der Waals surface area contributed by atoms with Crippen molar-refractivity contribution in [1.82, 2.24) is 15.2 Å². The molecular formula is C19H25N3O5. The first-order valence-electron chi connectivity index (χ1n) is 9.00. The number of phenols is 1. The maximum atomic E-state index is 11.8.